The quantitative estimate of drug-likeness (QED) is 0.478. The van der Waals surface area contributed by atoms with E-state index in [4.69, 9.17) is 16.3 Å². The summed E-state index contributed by atoms with van der Waals surface area (Å²) in [7, 11) is 3.22. The predicted molar refractivity (Wildman–Crippen MR) is 118 cm³/mol. The van der Waals surface area contributed by atoms with Crippen molar-refractivity contribution in [1.29, 1.82) is 0 Å². The van der Waals surface area contributed by atoms with Crippen molar-refractivity contribution in [3.05, 3.63) is 72.4 Å². The first-order valence-corrected chi connectivity index (χ1v) is 10.8. The van der Waals surface area contributed by atoms with Gasteiger partial charge in [0.2, 0.25) is 0 Å². The average Bonchev–Trinajstić information content (AvgIpc) is 3.26. The van der Waals surface area contributed by atoms with Crippen molar-refractivity contribution in [2.45, 2.75) is 12.5 Å². The first-order valence-electron chi connectivity index (χ1n) is 9.55. The zero-order valence-corrected chi connectivity index (χ0v) is 18.0. The lowest BCUT2D eigenvalue weighted by atomic mass is 10.1. The first-order chi connectivity index (χ1) is 14.5. The highest BCUT2D eigenvalue weighted by atomic mass is 35.5. The Balaban J connectivity index is 1.98. The smallest absolute Gasteiger partial charge is 0.331 e. The molecule has 5 rings (SSSR count). The lowest BCUT2D eigenvalue weighted by Crippen LogP contribution is -2.37. The van der Waals surface area contributed by atoms with E-state index in [1.165, 1.54) is 23.0 Å². The van der Waals surface area contributed by atoms with Crippen molar-refractivity contribution in [3.8, 4) is 11.3 Å². The molecule has 1 aliphatic rings. The minimum Gasteiger partial charge on any atom is -0.378 e. The molecule has 0 fully saturated rings. The average molecular weight is 443 g/mol. The fraction of sp³-hybridized carbons (Fsp3) is 0.286. The zero-order valence-electron chi connectivity index (χ0n) is 16.5. The number of halogens is 1. The van der Waals surface area contributed by atoms with Crippen molar-refractivity contribution >= 4 is 33.8 Å². The van der Waals surface area contributed by atoms with Gasteiger partial charge >= 0.3 is 5.69 Å². The van der Waals surface area contributed by atoms with Gasteiger partial charge in [-0.15, -0.1) is 11.3 Å². The molecule has 30 heavy (non-hydrogen) atoms. The van der Waals surface area contributed by atoms with E-state index in [9.17, 15) is 9.59 Å². The number of benzene rings is 1. The molecular weight excluding hydrogens is 424 g/mol. The highest BCUT2D eigenvalue weighted by Crippen LogP contribution is 2.40. The summed E-state index contributed by atoms with van der Waals surface area (Å²) in [5, 5.41) is 3.55. The molecule has 4 aromatic rings. The van der Waals surface area contributed by atoms with Gasteiger partial charge in [-0.05, 0) is 5.56 Å². The minimum atomic E-state index is -0.360. The Morgan fingerprint density at radius 2 is 1.93 bits per heavy atom. The Labute approximate surface area is 180 Å². The fourth-order valence-corrected chi connectivity index (χ4v) is 5.31. The maximum Gasteiger partial charge on any atom is 0.331 e. The molecule has 0 radical (unpaired) electrons. The van der Waals surface area contributed by atoms with Crippen molar-refractivity contribution in [2.24, 2.45) is 14.1 Å². The number of rotatable bonds is 2. The van der Waals surface area contributed by atoms with Crippen molar-refractivity contribution < 1.29 is 4.74 Å². The number of thiazole rings is 1. The van der Waals surface area contributed by atoms with Gasteiger partial charge in [-0.2, -0.15) is 0 Å². The van der Waals surface area contributed by atoms with Gasteiger partial charge in [0.1, 0.15) is 10.2 Å². The van der Waals surface area contributed by atoms with Crippen LogP contribution in [-0.2, 0) is 25.4 Å². The summed E-state index contributed by atoms with van der Waals surface area (Å²) in [6.45, 7) is 1.47. The van der Waals surface area contributed by atoms with Gasteiger partial charge in [0.05, 0.1) is 41.4 Å². The number of hydrogen-bond donors (Lipinski definition) is 0. The molecule has 0 amide bonds. The van der Waals surface area contributed by atoms with Gasteiger partial charge in [0.25, 0.3) is 5.56 Å². The maximum absolute atomic E-state index is 13.3. The summed E-state index contributed by atoms with van der Waals surface area (Å²) in [4.78, 5) is 30.6. The van der Waals surface area contributed by atoms with Crippen LogP contribution in [-0.4, -0.2) is 31.9 Å². The molecule has 1 atom stereocenters. The predicted octanol–water partition coefficient (Wildman–Crippen LogP) is 2.98. The van der Waals surface area contributed by atoms with Crippen molar-refractivity contribution in [3.63, 3.8) is 0 Å². The van der Waals surface area contributed by atoms with Crippen LogP contribution >= 0.6 is 22.9 Å². The van der Waals surface area contributed by atoms with E-state index in [2.05, 4.69) is 9.55 Å². The van der Waals surface area contributed by atoms with Gasteiger partial charge in [-0.1, -0.05) is 41.9 Å². The summed E-state index contributed by atoms with van der Waals surface area (Å²) in [6, 6.07) is 9.79. The third kappa shape index (κ3) is 2.79. The number of fused-ring (bicyclic) bond motifs is 3. The highest BCUT2D eigenvalue weighted by Gasteiger charge is 2.33. The van der Waals surface area contributed by atoms with E-state index in [1.807, 2.05) is 30.3 Å². The number of nitrogens with zero attached hydrogens (tertiary/aromatic N) is 4. The van der Waals surface area contributed by atoms with Crippen LogP contribution in [0.25, 0.3) is 22.2 Å². The molecule has 0 spiro atoms. The molecule has 9 heteroatoms. The molecule has 0 saturated carbocycles. The third-order valence-corrected chi connectivity index (χ3v) is 6.90. The molecule has 0 N–H and O–H groups in total. The summed E-state index contributed by atoms with van der Waals surface area (Å²) >= 11 is 7.57. The van der Waals surface area contributed by atoms with Crippen LogP contribution in [0.15, 0.2) is 45.3 Å². The van der Waals surface area contributed by atoms with Gasteiger partial charge in [-0.3, -0.25) is 13.9 Å². The molecule has 3 aromatic heterocycles. The van der Waals surface area contributed by atoms with Crippen LogP contribution < -0.4 is 11.2 Å². The Bertz CT molecular complexity index is 1380. The second kappa shape index (κ2) is 7.23. The second-order valence-electron chi connectivity index (χ2n) is 7.32. The van der Waals surface area contributed by atoms with E-state index in [-0.39, 0.29) is 17.2 Å². The monoisotopic (exact) mass is 442 g/mol. The maximum atomic E-state index is 13.3. The van der Waals surface area contributed by atoms with Crippen LogP contribution in [0.2, 0.25) is 5.15 Å². The third-order valence-electron chi connectivity index (χ3n) is 5.62. The Kier molecular flexibility index (Phi) is 4.65. The van der Waals surface area contributed by atoms with E-state index in [0.29, 0.717) is 35.8 Å². The second-order valence-corrected chi connectivity index (χ2v) is 8.59. The summed E-state index contributed by atoms with van der Waals surface area (Å²) in [6.07, 6.45) is 0. The van der Waals surface area contributed by atoms with Crippen LogP contribution in [0.4, 0.5) is 0 Å². The van der Waals surface area contributed by atoms with Gasteiger partial charge < -0.3 is 9.30 Å². The summed E-state index contributed by atoms with van der Waals surface area (Å²) in [5.41, 5.74) is 2.55. The zero-order chi connectivity index (χ0) is 21.0. The number of aryl methyl sites for hydroxylation is 1. The number of hydrogen-bond acceptors (Lipinski definition) is 5. The number of aromatic nitrogens is 4. The molecule has 1 aliphatic heterocycles. The largest absolute Gasteiger partial charge is 0.378 e. The summed E-state index contributed by atoms with van der Waals surface area (Å²) in [5.74, 6) is -0.234. The number of ether oxygens (including phenoxy) is 1. The SMILES string of the molecule is Cn1c(=O)c2c(-c3ccccc3)n3c(c2n(C)c1=O)[C@@H](c1nc(Cl)cs1)COCC3. The van der Waals surface area contributed by atoms with E-state index in [1.54, 1.807) is 17.0 Å². The molecule has 4 heterocycles. The Hall–Kier alpha value is -2.68. The van der Waals surface area contributed by atoms with Crippen molar-refractivity contribution in [1.82, 2.24) is 18.7 Å². The molecule has 7 nitrogen and oxygen atoms in total. The van der Waals surface area contributed by atoms with Crippen LogP contribution in [0, 0.1) is 0 Å². The fourth-order valence-electron chi connectivity index (χ4n) is 4.27. The van der Waals surface area contributed by atoms with E-state index >= 15 is 0 Å². The van der Waals surface area contributed by atoms with Crippen LogP contribution in [0.5, 0.6) is 0 Å². The lowest BCUT2D eigenvalue weighted by Gasteiger charge is -2.15. The molecule has 0 saturated heterocycles. The molecular formula is C21H19ClN4O3S. The van der Waals surface area contributed by atoms with E-state index in [0.717, 1.165) is 22.0 Å². The molecule has 0 unspecified atom stereocenters. The molecule has 0 bridgehead atoms. The summed E-state index contributed by atoms with van der Waals surface area (Å²) < 4.78 is 10.8. The first kappa shape index (κ1) is 19.3. The Morgan fingerprint density at radius 3 is 2.63 bits per heavy atom. The lowest BCUT2D eigenvalue weighted by molar-refractivity contribution is 0.132. The van der Waals surface area contributed by atoms with Gasteiger partial charge in [0, 0.05) is 26.0 Å². The van der Waals surface area contributed by atoms with Crippen LogP contribution in [0.3, 0.4) is 0 Å². The van der Waals surface area contributed by atoms with Crippen molar-refractivity contribution in [2.75, 3.05) is 13.2 Å². The minimum absolute atomic E-state index is 0.234. The normalized spacial score (nSPS) is 16.6. The topological polar surface area (TPSA) is 71.0 Å². The molecule has 0 aliphatic carbocycles. The molecule has 154 valence electrons. The highest BCUT2D eigenvalue weighted by molar-refractivity contribution is 7.10. The van der Waals surface area contributed by atoms with Crippen LogP contribution in [0.1, 0.15) is 16.6 Å². The van der Waals surface area contributed by atoms with E-state index < -0.39 is 0 Å². The molecule has 1 aromatic carbocycles. The standard InChI is InChI=1S/C21H19ClN4O3S/c1-24-18-15(20(27)25(2)21(24)28)16(12-6-4-3-5-7-12)26-8-9-29-10-13(17(18)26)19-23-14(22)11-30-19/h3-7,11,13H,8-10H2,1-2H3/t13-/m0/s1. The Morgan fingerprint density at radius 1 is 1.17 bits per heavy atom. The van der Waals surface area contributed by atoms with Gasteiger partial charge in [-0.25, -0.2) is 9.78 Å². The van der Waals surface area contributed by atoms with Gasteiger partial charge in [0.15, 0.2) is 0 Å².